The summed E-state index contributed by atoms with van der Waals surface area (Å²) in [6, 6.07) is 15.1. The molecule has 4 rings (SSSR count). The number of rotatable bonds is 7. The van der Waals surface area contributed by atoms with Gasteiger partial charge in [-0.2, -0.15) is 0 Å². The van der Waals surface area contributed by atoms with E-state index in [-0.39, 0.29) is 17.3 Å². The van der Waals surface area contributed by atoms with E-state index in [9.17, 15) is 23.2 Å². The van der Waals surface area contributed by atoms with Gasteiger partial charge in [0.1, 0.15) is 30.5 Å². The Morgan fingerprint density at radius 1 is 1.03 bits per heavy atom. The van der Waals surface area contributed by atoms with E-state index in [2.05, 4.69) is 50.5 Å². The summed E-state index contributed by atoms with van der Waals surface area (Å²) in [4.78, 5) is 38.5. The van der Waals surface area contributed by atoms with Gasteiger partial charge in [-0.25, -0.2) is 8.78 Å². The summed E-state index contributed by atoms with van der Waals surface area (Å²) in [6.45, 7) is -0.395. The van der Waals surface area contributed by atoms with Crippen LogP contribution in [0.4, 0.5) is 19.3 Å². The van der Waals surface area contributed by atoms with Crippen molar-refractivity contribution < 1.29 is 27.9 Å². The molecule has 0 aliphatic carbocycles. The Morgan fingerprint density at radius 2 is 1.69 bits per heavy atom. The third kappa shape index (κ3) is 6.42. The molecule has 1 aliphatic rings. The third-order valence-corrected chi connectivity index (χ3v) is 7.46. The SMILES string of the molecule is O=C(CN1C(=O)S/C(=C\c2cc(I)c(OCc3ccccc3F)c(I)c2)C1=O)Nc1ccc(F)cc1. The topological polar surface area (TPSA) is 75.7 Å². The molecule has 3 aromatic rings. The van der Waals surface area contributed by atoms with Crippen molar-refractivity contribution in [2.24, 2.45) is 0 Å². The smallest absolute Gasteiger partial charge is 0.294 e. The number of amides is 3. The molecular weight excluding hydrogens is 716 g/mol. The van der Waals surface area contributed by atoms with Gasteiger partial charge in [0.25, 0.3) is 11.1 Å². The van der Waals surface area contributed by atoms with E-state index < -0.39 is 29.4 Å². The average molecular weight is 732 g/mol. The molecule has 0 saturated carbocycles. The maximum absolute atomic E-state index is 13.9. The molecule has 1 aliphatic heterocycles. The van der Waals surface area contributed by atoms with Gasteiger partial charge in [0.2, 0.25) is 5.91 Å². The lowest BCUT2D eigenvalue weighted by molar-refractivity contribution is -0.127. The second-order valence-corrected chi connectivity index (χ2v) is 10.8. The van der Waals surface area contributed by atoms with Gasteiger partial charge in [-0.3, -0.25) is 19.3 Å². The van der Waals surface area contributed by atoms with Gasteiger partial charge in [0.15, 0.2) is 0 Å². The van der Waals surface area contributed by atoms with E-state index in [1.54, 1.807) is 36.4 Å². The number of anilines is 1. The Hall–Kier alpha value is -2.52. The number of nitrogens with one attached hydrogen (secondary N) is 1. The second-order valence-electron chi connectivity index (χ2n) is 7.52. The summed E-state index contributed by atoms with van der Waals surface area (Å²) in [6.07, 6.45) is 1.58. The number of carbonyl (C=O) groups is 3. The zero-order valence-electron chi connectivity index (χ0n) is 18.3. The summed E-state index contributed by atoms with van der Waals surface area (Å²) >= 11 is 4.93. The lowest BCUT2D eigenvalue weighted by Crippen LogP contribution is -2.36. The van der Waals surface area contributed by atoms with Gasteiger partial charge in [0, 0.05) is 11.3 Å². The van der Waals surface area contributed by atoms with Gasteiger partial charge in [-0.15, -0.1) is 0 Å². The molecule has 0 atom stereocenters. The van der Waals surface area contributed by atoms with Crippen molar-refractivity contribution in [2.45, 2.75) is 6.61 Å². The van der Waals surface area contributed by atoms with Crippen molar-refractivity contribution >= 4 is 85.8 Å². The minimum absolute atomic E-state index is 0.0664. The highest BCUT2D eigenvalue weighted by Crippen LogP contribution is 2.35. The van der Waals surface area contributed by atoms with Crippen LogP contribution in [0.5, 0.6) is 5.75 Å². The zero-order valence-corrected chi connectivity index (χ0v) is 23.4. The molecule has 3 amide bonds. The Balaban J connectivity index is 1.44. The Kier molecular flexibility index (Phi) is 8.62. The van der Waals surface area contributed by atoms with Crippen LogP contribution in [0.1, 0.15) is 11.1 Å². The molecule has 184 valence electrons. The van der Waals surface area contributed by atoms with Crippen LogP contribution in [0.3, 0.4) is 0 Å². The van der Waals surface area contributed by atoms with Gasteiger partial charge in [0.05, 0.1) is 12.0 Å². The molecule has 0 radical (unpaired) electrons. The first-order chi connectivity index (χ1) is 17.2. The van der Waals surface area contributed by atoms with Crippen LogP contribution in [0.25, 0.3) is 6.08 Å². The van der Waals surface area contributed by atoms with E-state index in [0.717, 1.165) is 23.8 Å². The minimum Gasteiger partial charge on any atom is -0.487 e. The van der Waals surface area contributed by atoms with E-state index in [1.165, 1.54) is 30.3 Å². The van der Waals surface area contributed by atoms with Crippen LogP contribution < -0.4 is 10.1 Å². The molecule has 11 heteroatoms. The molecule has 3 aromatic carbocycles. The summed E-state index contributed by atoms with van der Waals surface area (Å²) in [5.74, 6) is -1.36. The van der Waals surface area contributed by atoms with E-state index in [0.29, 0.717) is 22.6 Å². The van der Waals surface area contributed by atoms with Crippen molar-refractivity contribution in [1.82, 2.24) is 4.90 Å². The molecule has 0 bridgehead atoms. The molecule has 1 saturated heterocycles. The highest BCUT2D eigenvalue weighted by Gasteiger charge is 2.36. The van der Waals surface area contributed by atoms with E-state index >= 15 is 0 Å². The number of benzene rings is 3. The van der Waals surface area contributed by atoms with Crippen molar-refractivity contribution in [3.8, 4) is 5.75 Å². The first-order valence-corrected chi connectivity index (χ1v) is 13.3. The summed E-state index contributed by atoms with van der Waals surface area (Å²) < 4.78 is 34.3. The number of hydrogen-bond acceptors (Lipinski definition) is 5. The van der Waals surface area contributed by atoms with Crippen molar-refractivity contribution in [2.75, 3.05) is 11.9 Å². The van der Waals surface area contributed by atoms with Crippen LogP contribution in [0.2, 0.25) is 0 Å². The van der Waals surface area contributed by atoms with E-state index in [1.807, 2.05) is 0 Å². The van der Waals surface area contributed by atoms with Gasteiger partial charge < -0.3 is 10.1 Å². The summed E-state index contributed by atoms with van der Waals surface area (Å²) in [7, 11) is 0. The Labute approximate surface area is 236 Å². The van der Waals surface area contributed by atoms with Gasteiger partial charge >= 0.3 is 0 Å². The fraction of sp³-hybridized carbons (Fsp3) is 0.0800. The van der Waals surface area contributed by atoms with Crippen molar-refractivity contribution in [3.05, 3.63) is 95.5 Å². The lowest BCUT2D eigenvalue weighted by Gasteiger charge is -2.13. The van der Waals surface area contributed by atoms with Crippen molar-refractivity contribution in [3.63, 3.8) is 0 Å². The molecule has 1 N–H and O–H groups in total. The van der Waals surface area contributed by atoms with Crippen LogP contribution in [-0.4, -0.2) is 28.5 Å². The standard InChI is InChI=1S/C25H16F2I2N2O4S/c26-16-5-7-17(8-6-16)30-22(32)12-31-24(33)21(36-25(31)34)11-14-9-19(28)23(20(29)10-14)35-13-15-3-1-2-4-18(15)27/h1-11H,12-13H2,(H,30,32)/b21-11-. The predicted octanol–water partition coefficient (Wildman–Crippen LogP) is 6.43. The molecule has 6 nitrogen and oxygen atoms in total. The predicted molar refractivity (Wildman–Crippen MR) is 150 cm³/mol. The van der Waals surface area contributed by atoms with Crippen LogP contribution in [-0.2, 0) is 16.2 Å². The number of halogens is 4. The number of thioether (sulfide) groups is 1. The maximum atomic E-state index is 13.9. The second kappa shape index (κ2) is 11.7. The highest BCUT2D eigenvalue weighted by atomic mass is 127. The van der Waals surface area contributed by atoms with Crippen LogP contribution in [0, 0.1) is 18.8 Å². The quantitative estimate of drug-likeness (QED) is 0.224. The first kappa shape index (κ1) is 26.5. The lowest BCUT2D eigenvalue weighted by atomic mass is 10.2. The number of nitrogens with zero attached hydrogens (tertiary/aromatic N) is 1. The Bertz CT molecular complexity index is 1360. The highest BCUT2D eigenvalue weighted by molar-refractivity contribution is 14.1. The van der Waals surface area contributed by atoms with Crippen molar-refractivity contribution in [1.29, 1.82) is 0 Å². The van der Waals surface area contributed by atoms with Crippen LogP contribution in [0.15, 0.2) is 65.6 Å². The van der Waals surface area contributed by atoms with Crippen LogP contribution >= 0.6 is 56.9 Å². The largest absolute Gasteiger partial charge is 0.487 e. The normalized spacial score (nSPS) is 14.4. The molecule has 36 heavy (non-hydrogen) atoms. The average Bonchev–Trinajstić information content (AvgIpc) is 3.08. The zero-order chi connectivity index (χ0) is 25.8. The summed E-state index contributed by atoms with van der Waals surface area (Å²) in [5.41, 5.74) is 1.46. The fourth-order valence-electron chi connectivity index (χ4n) is 3.23. The monoisotopic (exact) mass is 732 g/mol. The van der Waals surface area contributed by atoms with Gasteiger partial charge in [-0.1, -0.05) is 18.2 Å². The molecule has 0 aromatic heterocycles. The molecule has 1 heterocycles. The number of imide groups is 1. The Morgan fingerprint density at radius 3 is 2.36 bits per heavy atom. The number of carbonyl (C=O) groups excluding carboxylic acids is 3. The van der Waals surface area contributed by atoms with Gasteiger partial charge in [-0.05, 0) is 111 Å². The molecular formula is C25H16F2I2N2O4S. The molecule has 0 spiro atoms. The molecule has 1 fully saturated rings. The number of hydrogen-bond donors (Lipinski definition) is 1. The maximum Gasteiger partial charge on any atom is 0.294 e. The number of ether oxygens (including phenoxy) is 1. The van der Waals surface area contributed by atoms with E-state index in [4.69, 9.17) is 4.74 Å². The first-order valence-electron chi connectivity index (χ1n) is 10.4. The minimum atomic E-state index is -0.579. The summed E-state index contributed by atoms with van der Waals surface area (Å²) in [5, 5.41) is 1.97. The fourth-order valence-corrected chi connectivity index (χ4v) is 6.20. The molecule has 0 unspecified atom stereocenters. The third-order valence-electron chi connectivity index (χ3n) is 4.95.